The maximum absolute atomic E-state index is 12.8. The first-order valence-corrected chi connectivity index (χ1v) is 12.2. The minimum atomic E-state index is -4.31. The van der Waals surface area contributed by atoms with Crippen LogP contribution in [0.4, 0.5) is 24.5 Å². The molecule has 0 unspecified atom stereocenters. The molecule has 0 saturated carbocycles. The Bertz CT molecular complexity index is 928. The Morgan fingerprint density at radius 2 is 1.07 bits per heavy atom. The Kier molecular flexibility index (Phi) is 5.39. The van der Waals surface area contributed by atoms with Crippen LogP contribution in [0, 0.1) is 6.92 Å². The highest BCUT2D eigenvalue weighted by Crippen LogP contribution is 2.31. The molecule has 0 atom stereocenters. The molecule has 0 fully saturated rings. The molecule has 1 nitrogen and oxygen atoms in total. The molecule has 0 spiro atoms. The van der Waals surface area contributed by atoms with Crippen LogP contribution in [0.15, 0.2) is 72.8 Å². The van der Waals surface area contributed by atoms with Gasteiger partial charge in [0, 0.05) is 18.4 Å². The number of rotatable bonds is 4. The molecular formula is C23H24F3NSi. The molecule has 28 heavy (non-hydrogen) atoms. The van der Waals surface area contributed by atoms with Crippen LogP contribution in [0.5, 0.6) is 0 Å². The van der Waals surface area contributed by atoms with Gasteiger partial charge in [-0.2, -0.15) is 13.2 Å². The summed E-state index contributed by atoms with van der Waals surface area (Å²) in [4.78, 5) is 1.89. The van der Waals surface area contributed by atoms with E-state index in [0.717, 1.165) is 23.5 Å². The fourth-order valence-electron chi connectivity index (χ4n) is 3.26. The molecule has 0 saturated heterocycles. The maximum Gasteiger partial charge on any atom is 0.416 e. The van der Waals surface area contributed by atoms with Crippen molar-refractivity contribution in [2.24, 2.45) is 0 Å². The largest absolute Gasteiger partial charge is 0.416 e. The van der Waals surface area contributed by atoms with Gasteiger partial charge in [0.1, 0.15) is 8.07 Å². The van der Waals surface area contributed by atoms with E-state index in [0.29, 0.717) is 0 Å². The number of hydrogen-bond acceptors (Lipinski definition) is 1. The molecule has 0 aliphatic carbocycles. The van der Waals surface area contributed by atoms with Crippen molar-refractivity contribution in [3.8, 4) is 0 Å². The Hall–Kier alpha value is -2.53. The van der Waals surface area contributed by atoms with E-state index >= 15 is 0 Å². The van der Waals surface area contributed by atoms with Crippen molar-refractivity contribution in [2.45, 2.75) is 26.2 Å². The third-order valence-corrected chi connectivity index (χ3v) is 8.88. The lowest BCUT2D eigenvalue weighted by molar-refractivity contribution is -0.137. The summed E-state index contributed by atoms with van der Waals surface area (Å²) in [7, 11) is 0.0738. The van der Waals surface area contributed by atoms with Gasteiger partial charge in [0.05, 0.1) is 5.56 Å². The smallest absolute Gasteiger partial charge is 0.345 e. The summed E-state index contributed by atoms with van der Waals surface area (Å²) in [6.07, 6.45) is -4.31. The number of alkyl halides is 3. The quantitative estimate of drug-likeness (QED) is 0.516. The molecule has 3 aromatic carbocycles. The highest BCUT2D eigenvalue weighted by Gasteiger charge is 2.30. The molecule has 0 amide bonds. The van der Waals surface area contributed by atoms with E-state index in [9.17, 15) is 13.2 Å². The van der Waals surface area contributed by atoms with Crippen LogP contribution in [0.1, 0.15) is 11.1 Å². The zero-order valence-corrected chi connectivity index (χ0v) is 17.5. The third kappa shape index (κ3) is 4.14. The summed E-state index contributed by atoms with van der Waals surface area (Å²) in [5, 5.41) is 2.70. The van der Waals surface area contributed by atoms with E-state index in [1.54, 1.807) is 0 Å². The van der Waals surface area contributed by atoms with Crippen LogP contribution in [0.3, 0.4) is 0 Å². The molecule has 0 aromatic heterocycles. The maximum atomic E-state index is 12.8. The molecule has 3 aromatic rings. The average Bonchev–Trinajstić information content (AvgIpc) is 2.67. The standard InChI is InChI=1S/C23H24F3NSi/c1-17-5-13-21(14-6-17)28(3,4)22-15-11-20(12-16-22)27(2)19-9-7-18(8-10-19)23(24,25)26/h5-16H,1-4H3. The van der Waals surface area contributed by atoms with Crippen molar-refractivity contribution in [3.63, 3.8) is 0 Å². The Balaban J connectivity index is 1.82. The van der Waals surface area contributed by atoms with Gasteiger partial charge in [-0.3, -0.25) is 0 Å². The molecule has 0 radical (unpaired) electrons. The topological polar surface area (TPSA) is 3.24 Å². The fourth-order valence-corrected chi connectivity index (χ4v) is 5.60. The molecule has 0 aliphatic rings. The van der Waals surface area contributed by atoms with Crippen molar-refractivity contribution >= 4 is 29.8 Å². The van der Waals surface area contributed by atoms with Gasteiger partial charge in [-0.05, 0) is 43.3 Å². The van der Waals surface area contributed by atoms with Gasteiger partial charge >= 0.3 is 6.18 Å². The lowest BCUT2D eigenvalue weighted by atomic mass is 10.2. The Labute approximate surface area is 165 Å². The van der Waals surface area contributed by atoms with Crippen LogP contribution in [0.25, 0.3) is 0 Å². The molecule has 0 heterocycles. The minimum Gasteiger partial charge on any atom is -0.345 e. The summed E-state index contributed by atoms with van der Waals surface area (Å²) < 4.78 is 38.3. The van der Waals surface area contributed by atoms with Gasteiger partial charge < -0.3 is 4.90 Å². The second-order valence-corrected chi connectivity index (χ2v) is 12.0. The van der Waals surface area contributed by atoms with Crippen molar-refractivity contribution < 1.29 is 13.2 Å². The summed E-state index contributed by atoms with van der Waals surface area (Å²) in [5.74, 6) is 0. The summed E-state index contributed by atoms with van der Waals surface area (Å²) >= 11 is 0. The van der Waals surface area contributed by atoms with E-state index in [2.05, 4.69) is 56.4 Å². The average molecular weight is 400 g/mol. The first-order valence-electron chi connectivity index (χ1n) is 9.18. The molecule has 0 N–H and O–H groups in total. The van der Waals surface area contributed by atoms with Crippen LogP contribution >= 0.6 is 0 Å². The van der Waals surface area contributed by atoms with Gasteiger partial charge in [0.2, 0.25) is 0 Å². The summed E-state index contributed by atoms with van der Waals surface area (Å²) in [5.41, 5.74) is 2.28. The van der Waals surface area contributed by atoms with Crippen molar-refractivity contribution in [1.82, 2.24) is 0 Å². The fraction of sp³-hybridized carbons (Fsp3) is 0.217. The van der Waals surface area contributed by atoms with Crippen LogP contribution in [-0.4, -0.2) is 15.1 Å². The van der Waals surface area contributed by atoms with Gasteiger partial charge in [-0.25, -0.2) is 0 Å². The van der Waals surface area contributed by atoms with Crippen molar-refractivity contribution in [2.75, 3.05) is 11.9 Å². The zero-order chi connectivity index (χ0) is 20.5. The lowest BCUT2D eigenvalue weighted by Gasteiger charge is -2.26. The lowest BCUT2D eigenvalue weighted by Crippen LogP contribution is -2.52. The number of hydrogen-bond donors (Lipinski definition) is 0. The molecule has 146 valence electrons. The van der Waals surface area contributed by atoms with Crippen molar-refractivity contribution in [3.05, 3.63) is 83.9 Å². The Morgan fingerprint density at radius 3 is 1.50 bits per heavy atom. The third-order valence-electron chi connectivity index (χ3n) is 5.33. The summed E-state index contributed by atoms with van der Waals surface area (Å²) in [6.45, 7) is 6.74. The number of nitrogens with zero attached hydrogens (tertiary/aromatic N) is 1. The molecule has 3 rings (SSSR count). The van der Waals surface area contributed by atoms with E-state index in [4.69, 9.17) is 0 Å². The first kappa shape index (κ1) is 20.2. The van der Waals surface area contributed by atoms with Crippen LogP contribution in [0.2, 0.25) is 13.1 Å². The highest BCUT2D eigenvalue weighted by atomic mass is 28.3. The second-order valence-electron chi connectivity index (χ2n) is 7.64. The Morgan fingerprint density at radius 1 is 0.679 bits per heavy atom. The summed E-state index contributed by atoms with van der Waals surface area (Å²) in [6, 6.07) is 22.3. The highest BCUT2D eigenvalue weighted by molar-refractivity contribution is 7.00. The second kappa shape index (κ2) is 7.47. The van der Waals surface area contributed by atoms with E-state index < -0.39 is 19.8 Å². The molecular weight excluding hydrogens is 375 g/mol. The van der Waals surface area contributed by atoms with Crippen LogP contribution in [-0.2, 0) is 6.18 Å². The number of halogens is 3. The zero-order valence-electron chi connectivity index (χ0n) is 16.5. The normalized spacial score (nSPS) is 12.1. The van der Waals surface area contributed by atoms with Crippen LogP contribution < -0.4 is 15.3 Å². The van der Waals surface area contributed by atoms with E-state index in [1.807, 2.05) is 24.1 Å². The van der Waals surface area contributed by atoms with E-state index in [-0.39, 0.29) is 0 Å². The molecule has 0 aliphatic heterocycles. The molecule has 5 heteroatoms. The van der Waals surface area contributed by atoms with Gasteiger partial charge in [0.25, 0.3) is 0 Å². The van der Waals surface area contributed by atoms with Crippen molar-refractivity contribution in [1.29, 1.82) is 0 Å². The molecule has 0 bridgehead atoms. The first-order chi connectivity index (χ1) is 13.1. The number of aryl methyl sites for hydroxylation is 1. The van der Waals surface area contributed by atoms with Gasteiger partial charge in [-0.1, -0.05) is 65.4 Å². The predicted molar refractivity (Wildman–Crippen MR) is 114 cm³/mol. The monoisotopic (exact) mass is 399 g/mol. The SMILES string of the molecule is Cc1ccc([Si](C)(C)c2ccc(N(C)c3ccc(C(F)(F)F)cc3)cc2)cc1. The minimum absolute atomic E-state index is 0.633. The van der Waals surface area contributed by atoms with Gasteiger partial charge in [-0.15, -0.1) is 0 Å². The van der Waals surface area contributed by atoms with Gasteiger partial charge in [0.15, 0.2) is 0 Å². The van der Waals surface area contributed by atoms with E-state index in [1.165, 1.54) is 28.1 Å². The predicted octanol–water partition coefficient (Wildman–Crippen LogP) is 5.60. The number of benzene rings is 3. The number of anilines is 2.